The van der Waals surface area contributed by atoms with Gasteiger partial charge in [-0.3, -0.25) is 9.98 Å². The molecule has 2 aromatic rings. The molecule has 2 N–H and O–H groups in total. The first-order valence-corrected chi connectivity index (χ1v) is 7.87. The van der Waals surface area contributed by atoms with Gasteiger partial charge in [-0.25, -0.2) is 0 Å². The van der Waals surface area contributed by atoms with Gasteiger partial charge in [0.1, 0.15) is 0 Å². The standard InChI is InChI=1S/C13H10Cl2N2O3S/c14-12-6-1-9(7-13(12)15)8-16-17-10-2-4-11(5-3-10)21(18,19)20/h1-8,17H,(H,18,19,20)/b16-8-. The number of nitrogens with one attached hydrogen (secondary N) is 1. The summed E-state index contributed by atoms with van der Waals surface area (Å²) < 4.78 is 30.6. The first-order chi connectivity index (χ1) is 9.86. The number of anilines is 1. The van der Waals surface area contributed by atoms with Crippen molar-refractivity contribution in [1.29, 1.82) is 0 Å². The molecule has 0 bridgehead atoms. The van der Waals surface area contributed by atoms with Crippen molar-refractivity contribution < 1.29 is 13.0 Å². The van der Waals surface area contributed by atoms with Gasteiger partial charge in [-0.15, -0.1) is 0 Å². The van der Waals surface area contributed by atoms with Crippen molar-refractivity contribution in [3.05, 3.63) is 58.1 Å². The van der Waals surface area contributed by atoms with Gasteiger partial charge in [0.2, 0.25) is 0 Å². The smallest absolute Gasteiger partial charge is 0.282 e. The first kappa shape index (κ1) is 15.8. The molecule has 0 aromatic heterocycles. The monoisotopic (exact) mass is 344 g/mol. The van der Waals surface area contributed by atoms with E-state index in [1.165, 1.54) is 24.3 Å². The number of nitrogens with zero attached hydrogens (tertiary/aromatic N) is 1. The Labute approximate surface area is 132 Å². The van der Waals surface area contributed by atoms with Crippen molar-refractivity contribution >= 4 is 45.2 Å². The van der Waals surface area contributed by atoms with Crippen LogP contribution in [0.1, 0.15) is 5.56 Å². The maximum absolute atomic E-state index is 10.9. The summed E-state index contributed by atoms with van der Waals surface area (Å²) in [5.74, 6) is 0. The Kier molecular flexibility index (Phi) is 4.84. The predicted octanol–water partition coefficient (Wildman–Crippen LogP) is 3.69. The number of hydrogen-bond acceptors (Lipinski definition) is 4. The molecule has 21 heavy (non-hydrogen) atoms. The molecule has 0 aliphatic heterocycles. The van der Waals surface area contributed by atoms with Gasteiger partial charge in [-0.2, -0.15) is 13.5 Å². The van der Waals surface area contributed by atoms with Gasteiger partial charge in [-0.05, 0) is 42.0 Å². The summed E-state index contributed by atoms with van der Waals surface area (Å²) in [7, 11) is -4.19. The third-order valence-corrected chi connectivity index (χ3v) is 4.11. The molecular formula is C13H10Cl2N2O3S. The van der Waals surface area contributed by atoms with E-state index >= 15 is 0 Å². The lowest BCUT2D eigenvalue weighted by Crippen LogP contribution is -1.98. The van der Waals surface area contributed by atoms with Crippen LogP contribution in [0.2, 0.25) is 10.0 Å². The largest absolute Gasteiger partial charge is 0.294 e. The number of hydrazone groups is 1. The van der Waals surface area contributed by atoms with E-state index in [4.69, 9.17) is 27.8 Å². The molecule has 0 unspecified atom stereocenters. The number of benzene rings is 2. The summed E-state index contributed by atoms with van der Waals surface area (Å²) in [5.41, 5.74) is 4.05. The molecule has 0 aliphatic carbocycles. The van der Waals surface area contributed by atoms with Crippen molar-refractivity contribution in [2.75, 3.05) is 5.43 Å². The lowest BCUT2D eigenvalue weighted by molar-refractivity contribution is 0.483. The summed E-state index contributed by atoms with van der Waals surface area (Å²) in [6.07, 6.45) is 1.54. The molecule has 0 atom stereocenters. The van der Waals surface area contributed by atoms with E-state index in [0.29, 0.717) is 15.7 Å². The zero-order valence-electron chi connectivity index (χ0n) is 10.5. The number of hydrogen-bond donors (Lipinski definition) is 2. The van der Waals surface area contributed by atoms with E-state index < -0.39 is 10.1 Å². The number of rotatable bonds is 4. The number of halogens is 2. The summed E-state index contributed by atoms with van der Waals surface area (Å²) in [6.45, 7) is 0. The normalized spacial score (nSPS) is 11.8. The zero-order valence-corrected chi connectivity index (χ0v) is 12.8. The molecular weight excluding hydrogens is 335 g/mol. The Morgan fingerprint density at radius 1 is 1.05 bits per heavy atom. The molecule has 0 spiro atoms. The maximum Gasteiger partial charge on any atom is 0.294 e. The molecule has 0 fully saturated rings. The third kappa shape index (κ3) is 4.44. The van der Waals surface area contributed by atoms with Crippen LogP contribution in [0.25, 0.3) is 0 Å². The molecule has 110 valence electrons. The van der Waals surface area contributed by atoms with Gasteiger partial charge in [0.25, 0.3) is 10.1 Å². The van der Waals surface area contributed by atoms with Gasteiger partial charge < -0.3 is 0 Å². The highest BCUT2D eigenvalue weighted by atomic mass is 35.5. The van der Waals surface area contributed by atoms with E-state index in [0.717, 1.165) is 5.56 Å². The minimum absolute atomic E-state index is 0.179. The van der Waals surface area contributed by atoms with Crippen molar-refractivity contribution in [3.8, 4) is 0 Å². The van der Waals surface area contributed by atoms with E-state index in [1.54, 1.807) is 24.4 Å². The third-order valence-electron chi connectivity index (χ3n) is 2.50. The average Bonchev–Trinajstić information content (AvgIpc) is 2.42. The highest BCUT2D eigenvalue weighted by Gasteiger charge is 2.07. The van der Waals surface area contributed by atoms with Crippen LogP contribution < -0.4 is 5.43 Å². The first-order valence-electron chi connectivity index (χ1n) is 5.68. The quantitative estimate of drug-likeness (QED) is 0.503. The van der Waals surface area contributed by atoms with E-state index in [1.807, 2.05) is 0 Å². The van der Waals surface area contributed by atoms with Crippen LogP contribution in [-0.4, -0.2) is 19.2 Å². The molecule has 0 radical (unpaired) electrons. The fourth-order valence-electron chi connectivity index (χ4n) is 1.48. The van der Waals surface area contributed by atoms with Crippen molar-refractivity contribution in [1.82, 2.24) is 0 Å². The van der Waals surface area contributed by atoms with E-state index in [2.05, 4.69) is 10.5 Å². The molecule has 0 aliphatic rings. The minimum Gasteiger partial charge on any atom is -0.282 e. The van der Waals surface area contributed by atoms with Gasteiger partial charge >= 0.3 is 0 Å². The van der Waals surface area contributed by atoms with E-state index in [9.17, 15) is 8.42 Å². The average molecular weight is 345 g/mol. The van der Waals surface area contributed by atoms with Gasteiger partial charge in [0.15, 0.2) is 0 Å². The SMILES string of the molecule is O=S(=O)(O)c1ccc(N/N=C\c2ccc(Cl)c(Cl)c2)cc1. The molecule has 8 heteroatoms. The van der Waals surface area contributed by atoms with Crippen molar-refractivity contribution in [2.45, 2.75) is 4.90 Å². The Morgan fingerprint density at radius 2 is 1.71 bits per heavy atom. The Bertz CT molecular complexity index is 775. The van der Waals surface area contributed by atoms with Crippen molar-refractivity contribution in [3.63, 3.8) is 0 Å². The maximum atomic E-state index is 10.9. The van der Waals surface area contributed by atoms with Gasteiger partial charge in [0, 0.05) is 0 Å². The summed E-state index contributed by atoms with van der Waals surface area (Å²) in [5, 5.41) is 4.88. The molecule has 2 aromatic carbocycles. The minimum atomic E-state index is -4.19. The zero-order chi connectivity index (χ0) is 15.5. The lowest BCUT2D eigenvalue weighted by Gasteiger charge is -2.02. The summed E-state index contributed by atoms with van der Waals surface area (Å²) in [6, 6.07) is 10.6. The Balaban J connectivity index is 2.05. The topological polar surface area (TPSA) is 78.8 Å². The fraction of sp³-hybridized carbons (Fsp3) is 0. The van der Waals surface area contributed by atoms with Crippen LogP contribution >= 0.6 is 23.2 Å². The molecule has 5 nitrogen and oxygen atoms in total. The summed E-state index contributed by atoms with van der Waals surface area (Å²) >= 11 is 11.7. The highest BCUT2D eigenvalue weighted by molar-refractivity contribution is 7.85. The molecule has 0 saturated heterocycles. The van der Waals surface area contributed by atoms with Gasteiger partial charge in [-0.1, -0.05) is 29.3 Å². The van der Waals surface area contributed by atoms with E-state index in [-0.39, 0.29) is 4.90 Å². The van der Waals surface area contributed by atoms with Gasteiger partial charge in [0.05, 0.1) is 26.8 Å². The molecule has 0 heterocycles. The Morgan fingerprint density at radius 3 is 2.29 bits per heavy atom. The van der Waals surface area contributed by atoms with Crippen LogP contribution in [0.15, 0.2) is 52.5 Å². The van der Waals surface area contributed by atoms with Crippen LogP contribution in [0.5, 0.6) is 0 Å². The molecule has 0 saturated carbocycles. The second-order valence-corrected chi connectivity index (χ2v) is 6.28. The predicted molar refractivity (Wildman–Crippen MR) is 83.9 cm³/mol. The lowest BCUT2D eigenvalue weighted by atomic mass is 10.2. The molecule has 0 amide bonds. The summed E-state index contributed by atoms with van der Waals surface area (Å²) in [4.78, 5) is -0.179. The van der Waals surface area contributed by atoms with Crippen LogP contribution in [0.4, 0.5) is 5.69 Å². The Hall–Kier alpha value is -1.60. The fourth-order valence-corrected chi connectivity index (χ4v) is 2.26. The second kappa shape index (κ2) is 6.44. The highest BCUT2D eigenvalue weighted by Crippen LogP contribution is 2.21. The second-order valence-electron chi connectivity index (χ2n) is 4.04. The van der Waals surface area contributed by atoms with Crippen molar-refractivity contribution in [2.24, 2.45) is 5.10 Å². The van der Waals surface area contributed by atoms with Crippen LogP contribution in [0, 0.1) is 0 Å². The van der Waals surface area contributed by atoms with Crippen LogP contribution in [-0.2, 0) is 10.1 Å². The van der Waals surface area contributed by atoms with Crippen LogP contribution in [0.3, 0.4) is 0 Å². The molecule has 2 rings (SSSR count).